The van der Waals surface area contributed by atoms with Crippen LogP contribution in [0.1, 0.15) is 17.5 Å². The number of nitrogens with one attached hydrogen (secondary N) is 1. The van der Waals surface area contributed by atoms with Gasteiger partial charge in [0, 0.05) is 11.6 Å². The summed E-state index contributed by atoms with van der Waals surface area (Å²) in [5.74, 6) is -0.372. The lowest BCUT2D eigenvalue weighted by molar-refractivity contribution is -0.119. The van der Waals surface area contributed by atoms with Crippen LogP contribution in [0, 0.1) is 6.92 Å². The third kappa shape index (κ3) is 6.32. The maximum Gasteiger partial charge on any atom is 0.264 e. The van der Waals surface area contributed by atoms with Crippen molar-refractivity contribution in [1.29, 1.82) is 0 Å². The van der Waals surface area contributed by atoms with Gasteiger partial charge in [-0.1, -0.05) is 65.7 Å². The molecule has 0 saturated heterocycles. The van der Waals surface area contributed by atoms with Crippen molar-refractivity contribution in [2.75, 3.05) is 17.4 Å². The Hall–Kier alpha value is -2.83. The van der Waals surface area contributed by atoms with Crippen molar-refractivity contribution in [2.24, 2.45) is 0 Å². The average Bonchev–Trinajstić information content (AvgIpc) is 2.77. The summed E-state index contributed by atoms with van der Waals surface area (Å²) < 4.78 is 27.5. The monoisotopic (exact) mass is 456 g/mol. The first-order chi connectivity index (χ1) is 14.9. The predicted molar refractivity (Wildman–Crippen MR) is 125 cm³/mol. The molecule has 3 rings (SSSR count). The molecule has 1 amide bonds. The van der Waals surface area contributed by atoms with Crippen molar-refractivity contribution in [1.82, 2.24) is 5.32 Å². The first-order valence-corrected chi connectivity index (χ1v) is 11.8. The van der Waals surface area contributed by atoms with E-state index in [0.717, 1.165) is 17.1 Å². The molecule has 3 aromatic rings. The van der Waals surface area contributed by atoms with Gasteiger partial charge in [-0.2, -0.15) is 0 Å². The summed E-state index contributed by atoms with van der Waals surface area (Å²) in [5, 5.41) is 3.22. The van der Waals surface area contributed by atoms with Gasteiger partial charge in [0.15, 0.2) is 0 Å². The number of benzene rings is 3. The van der Waals surface area contributed by atoms with Gasteiger partial charge in [0.05, 0.1) is 10.6 Å². The van der Waals surface area contributed by atoms with Crippen LogP contribution in [0.3, 0.4) is 0 Å². The molecule has 0 unspecified atom stereocenters. The molecule has 0 fully saturated rings. The molecule has 0 aromatic heterocycles. The van der Waals surface area contributed by atoms with Crippen molar-refractivity contribution in [3.05, 3.63) is 95.0 Å². The van der Waals surface area contributed by atoms with Crippen LogP contribution in [0.25, 0.3) is 0 Å². The van der Waals surface area contributed by atoms with E-state index in [2.05, 4.69) is 29.6 Å². The van der Waals surface area contributed by atoms with E-state index in [-0.39, 0.29) is 17.3 Å². The molecule has 3 aromatic carbocycles. The van der Waals surface area contributed by atoms with E-state index in [1.165, 1.54) is 29.3 Å². The van der Waals surface area contributed by atoms with Gasteiger partial charge in [0.2, 0.25) is 5.91 Å². The van der Waals surface area contributed by atoms with Gasteiger partial charge in [-0.15, -0.1) is 0 Å². The third-order valence-corrected chi connectivity index (χ3v) is 6.82. The molecular weight excluding hydrogens is 432 g/mol. The average molecular weight is 457 g/mol. The number of carbonyl (C=O) groups is 1. The molecule has 0 aliphatic rings. The first kappa shape index (κ1) is 22.8. The molecule has 0 saturated carbocycles. The highest BCUT2D eigenvalue weighted by molar-refractivity contribution is 7.92. The number of hydrogen-bond donors (Lipinski definition) is 1. The second-order valence-electron chi connectivity index (χ2n) is 7.24. The summed E-state index contributed by atoms with van der Waals surface area (Å²) in [7, 11) is -3.93. The summed E-state index contributed by atoms with van der Waals surface area (Å²) in [4.78, 5) is 12.7. The Labute approximate surface area is 188 Å². The van der Waals surface area contributed by atoms with Crippen LogP contribution in [0.4, 0.5) is 5.69 Å². The van der Waals surface area contributed by atoms with Crippen LogP contribution in [0.15, 0.2) is 83.8 Å². The summed E-state index contributed by atoms with van der Waals surface area (Å²) in [5.41, 5.74) is 2.75. The van der Waals surface area contributed by atoms with Gasteiger partial charge in [0.25, 0.3) is 10.0 Å². The van der Waals surface area contributed by atoms with Gasteiger partial charge in [0.1, 0.15) is 6.54 Å². The fourth-order valence-electron chi connectivity index (χ4n) is 3.13. The molecule has 162 valence electrons. The molecule has 5 nitrogen and oxygen atoms in total. The van der Waals surface area contributed by atoms with Crippen LogP contribution in [0.5, 0.6) is 0 Å². The van der Waals surface area contributed by atoms with Crippen molar-refractivity contribution in [3.8, 4) is 0 Å². The number of anilines is 1. The smallest absolute Gasteiger partial charge is 0.264 e. The van der Waals surface area contributed by atoms with E-state index in [0.29, 0.717) is 17.3 Å². The Morgan fingerprint density at radius 2 is 1.68 bits per heavy atom. The van der Waals surface area contributed by atoms with Gasteiger partial charge < -0.3 is 5.32 Å². The van der Waals surface area contributed by atoms with Gasteiger partial charge in [-0.05, 0) is 55.7 Å². The summed E-state index contributed by atoms with van der Waals surface area (Å²) in [6, 6.07) is 22.8. The van der Waals surface area contributed by atoms with Crippen LogP contribution in [0.2, 0.25) is 5.02 Å². The number of sulfonamides is 1. The fourth-order valence-corrected chi connectivity index (χ4v) is 4.75. The van der Waals surface area contributed by atoms with Crippen LogP contribution in [-0.4, -0.2) is 27.4 Å². The number of aryl methyl sites for hydroxylation is 2. The minimum atomic E-state index is -3.93. The lowest BCUT2D eigenvalue weighted by atomic mass is 10.1. The Kier molecular flexibility index (Phi) is 7.71. The normalized spacial score (nSPS) is 11.2. The summed E-state index contributed by atoms with van der Waals surface area (Å²) in [6.07, 6.45) is 1.60. The van der Waals surface area contributed by atoms with Crippen molar-refractivity contribution in [2.45, 2.75) is 24.7 Å². The molecule has 0 heterocycles. The standard InChI is InChI=1S/C24H25ClN2O3S/c1-19-12-14-20(15-13-19)7-6-16-26-24(28)18-27(22-9-5-8-21(25)17-22)31(29,30)23-10-3-2-4-11-23/h2-5,8-15,17H,6-7,16,18H2,1H3,(H,26,28). The number of rotatable bonds is 9. The van der Waals surface area contributed by atoms with E-state index >= 15 is 0 Å². The van der Waals surface area contributed by atoms with Gasteiger partial charge in [-0.3, -0.25) is 9.10 Å². The second-order valence-corrected chi connectivity index (χ2v) is 9.54. The minimum Gasteiger partial charge on any atom is -0.355 e. The minimum absolute atomic E-state index is 0.113. The van der Waals surface area contributed by atoms with E-state index in [9.17, 15) is 13.2 Å². The Balaban J connectivity index is 1.68. The summed E-state index contributed by atoms with van der Waals surface area (Å²) in [6.45, 7) is 2.17. The highest BCUT2D eigenvalue weighted by Crippen LogP contribution is 2.25. The number of carbonyl (C=O) groups excluding carboxylic acids is 1. The number of amides is 1. The molecule has 7 heteroatoms. The fraction of sp³-hybridized carbons (Fsp3) is 0.208. The van der Waals surface area contributed by atoms with Crippen LogP contribution >= 0.6 is 11.6 Å². The van der Waals surface area contributed by atoms with Crippen LogP contribution in [-0.2, 0) is 21.2 Å². The number of nitrogens with zero attached hydrogens (tertiary/aromatic N) is 1. The SMILES string of the molecule is Cc1ccc(CCCNC(=O)CN(c2cccc(Cl)c2)S(=O)(=O)c2ccccc2)cc1. The second kappa shape index (κ2) is 10.5. The van der Waals surface area contributed by atoms with E-state index in [1.807, 2.05) is 6.92 Å². The quantitative estimate of drug-likeness (QED) is 0.479. The summed E-state index contributed by atoms with van der Waals surface area (Å²) >= 11 is 6.07. The molecule has 0 spiro atoms. The topological polar surface area (TPSA) is 66.5 Å². The first-order valence-electron chi connectivity index (χ1n) is 10.0. The molecular formula is C24H25ClN2O3S. The zero-order chi connectivity index (χ0) is 22.3. The number of halogens is 1. The predicted octanol–water partition coefficient (Wildman–Crippen LogP) is 4.59. The highest BCUT2D eigenvalue weighted by Gasteiger charge is 2.27. The Bertz CT molecular complexity index is 1120. The maximum atomic E-state index is 13.2. The molecule has 31 heavy (non-hydrogen) atoms. The van der Waals surface area contributed by atoms with Crippen molar-refractivity contribution < 1.29 is 13.2 Å². The van der Waals surface area contributed by atoms with E-state index in [1.54, 1.807) is 36.4 Å². The molecule has 0 aliphatic carbocycles. The Morgan fingerprint density at radius 1 is 0.968 bits per heavy atom. The molecule has 0 radical (unpaired) electrons. The lowest BCUT2D eigenvalue weighted by Crippen LogP contribution is -2.41. The Morgan fingerprint density at radius 3 is 2.35 bits per heavy atom. The molecule has 0 aliphatic heterocycles. The molecule has 0 atom stereocenters. The number of hydrogen-bond acceptors (Lipinski definition) is 3. The van der Waals surface area contributed by atoms with Crippen LogP contribution < -0.4 is 9.62 Å². The van der Waals surface area contributed by atoms with Gasteiger partial charge in [-0.25, -0.2) is 8.42 Å². The maximum absolute atomic E-state index is 13.2. The third-order valence-electron chi connectivity index (χ3n) is 4.80. The largest absolute Gasteiger partial charge is 0.355 e. The zero-order valence-corrected chi connectivity index (χ0v) is 18.9. The van der Waals surface area contributed by atoms with Gasteiger partial charge >= 0.3 is 0 Å². The molecule has 1 N–H and O–H groups in total. The van der Waals surface area contributed by atoms with Crippen molar-refractivity contribution >= 4 is 33.2 Å². The lowest BCUT2D eigenvalue weighted by Gasteiger charge is -2.24. The molecule has 0 bridgehead atoms. The van der Waals surface area contributed by atoms with Crippen molar-refractivity contribution in [3.63, 3.8) is 0 Å². The highest BCUT2D eigenvalue weighted by atomic mass is 35.5. The van der Waals surface area contributed by atoms with E-state index < -0.39 is 10.0 Å². The zero-order valence-electron chi connectivity index (χ0n) is 17.3. The van der Waals surface area contributed by atoms with E-state index in [4.69, 9.17) is 11.6 Å².